The molecule has 34 heavy (non-hydrogen) atoms. The zero-order valence-electron chi connectivity index (χ0n) is 18.3. The standard InChI is InChI=1S/C24H22F2N2O6/c1-32-22(31)19-11-23(33-8-9-34-23)13-28(19)20(29)12-27-21(30)14-6-7-18-16(10-14)15-4-2-3-5-17(15)24(18,25)26/h2-7,10,19H,8-9,11-13H2,1H3,(H,27,30)/t19-/m0/s1. The van der Waals surface area contributed by atoms with Crippen LogP contribution >= 0.6 is 0 Å². The van der Waals surface area contributed by atoms with Crippen molar-refractivity contribution in [3.8, 4) is 11.1 Å². The largest absolute Gasteiger partial charge is 0.467 e. The highest BCUT2D eigenvalue weighted by atomic mass is 19.3. The highest BCUT2D eigenvalue weighted by molar-refractivity contribution is 5.99. The number of rotatable bonds is 4. The van der Waals surface area contributed by atoms with Gasteiger partial charge in [0.2, 0.25) is 5.91 Å². The molecule has 2 amide bonds. The third kappa shape index (κ3) is 3.54. The summed E-state index contributed by atoms with van der Waals surface area (Å²) in [5, 5.41) is 2.52. The number of amides is 2. The first-order chi connectivity index (χ1) is 16.3. The van der Waals surface area contributed by atoms with E-state index in [1.807, 2.05) is 0 Å². The molecule has 2 aliphatic heterocycles. The third-order valence-corrected chi connectivity index (χ3v) is 6.47. The van der Waals surface area contributed by atoms with Crippen molar-refractivity contribution in [3.63, 3.8) is 0 Å². The Hall–Kier alpha value is -3.37. The van der Waals surface area contributed by atoms with Crippen molar-refractivity contribution < 1.29 is 37.4 Å². The second-order valence-corrected chi connectivity index (χ2v) is 8.44. The van der Waals surface area contributed by atoms with Crippen molar-refractivity contribution >= 4 is 17.8 Å². The number of likely N-dealkylation sites (tertiary alicyclic amines) is 1. The van der Waals surface area contributed by atoms with Gasteiger partial charge in [-0.15, -0.1) is 0 Å². The van der Waals surface area contributed by atoms with Gasteiger partial charge >= 0.3 is 5.97 Å². The van der Waals surface area contributed by atoms with Crippen LogP contribution in [0.3, 0.4) is 0 Å². The molecule has 2 fully saturated rings. The maximum absolute atomic E-state index is 14.7. The van der Waals surface area contributed by atoms with Crippen LogP contribution in [0.4, 0.5) is 8.78 Å². The Morgan fingerprint density at radius 2 is 1.79 bits per heavy atom. The first kappa shape index (κ1) is 22.4. The Balaban J connectivity index is 1.31. The summed E-state index contributed by atoms with van der Waals surface area (Å²) in [4.78, 5) is 39.1. The Morgan fingerprint density at radius 1 is 1.09 bits per heavy atom. The molecule has 0 bridgehead atoms. The zero-order chi connectivity index (χ0) is 24.1. The molecule has 8 nitrogen and oxygen atoms in total. The topological polar surface area (TPSA) is 94.2 Å². The molecule has 2 saturated heterocycles. The maximum atomic E-state index is 14.7. The van der Waals surface area contributed by atoms with Gasteiger partial charge in [-0.1, -0.05) is 30.3 Å². The number of alkyl halides is 2. The molecule has 2 heterocycles. The minimum absolute atomic E-state index is 0.0339. The van der Waals surface area contributed by atoms with Gasteiger partial charge in [0, 0.05) is 23.1 Å². The second-order valence-electron chi connectivity index (χ2n) is 8.44. The highest BCUT2D eigenvalue weighted by Crippen LogP contribution is 2.50. The summed E-state index contributed by atoms with van der Waals surface area (Å²) >= 11 is 0. The van der Waals surface area contributed by atoms with E-state index in [4.69, 9.17) is 14.2 Å². The van der Waals surface area contributed by atoms with E-state index in [1.54, 1.807) is 18.2 Å². The molecule has 2 aromatic carbocycles. The van der Waals surface area contributed by atoms with Crippen LogP contribution < -0.4 is 5.32 Å². The molecule has 0 radical (unpaired) electrons. The van der Waals surface area contributed by atoms with Crippen molar-refractivity contribution in [1.29, 1.82) is 0 Å². The maximum Gasteiger partial charge on any atom is 0.328 e. The van der Waals surface area contributed by atoms with E-state index in [0.717, 1.165) is 0 Å². The highest BCUT2D eigenvalue weighted by Gasteiger charge is 2.53. The van der Waals surface area contributed by atoms with Crippen LogP contribution in [0.5, 0.6) is 0 Å². The number of nitrogens with zero attached hydrogens (tertiary/aromatic N) is 1. The molecule has 5 rings (SSSR count). The molecule has 1 aliphatic carbocycles. The molecular formula is C24H22F2N2O6. The van der Waals surface area contributed by atoms with Gasteiger partial charge in [-0.25, -0.2) is 4.79 Å². The first-order valence-electron chi connectivity index (χ1n) is 10.8. The number of hydrogen-bond donors (Lipinski definition) is 1. The fraction of sp³-hybridized carbons (Fsp3) is 0.375. The van der Waals surface area contributed by atoms with E-state index in [2.05, 4.69) is 5.32 Å². The van der Waals surface area contributed by atoms with Gasteiger partial charge in [-0.2, -0.15) is 8.78 Å². The Bertz CT molecular complexity index is 1180. The molecule has 3 aliphatic rings. The summed E-state index contributed by atoms with van der Waals surface area (Å²) in [7, 11) is 1.23. The lowest BCUT2D eigenvalue weighted by Crippen LogP contribution is -2.46. The molecule has 1 N–H and O–H groups in total. The predicted molar refractivity (Wildman–Crippen MR) is 114 cm³/mol. The van der Waals surface area contributed by atoms with E-state index < -0.39 is 42.1 Å². The summed E-state index contributed by atoms with van der Waals surface area (Å²) in [5.41, 5.74) is 0.520. The lowest BCUT2D eigenvalue weighted by atomic mass is 10.0. The average molecular weight is 472 g/mol. The summed E-state index contributed by atoms with van der Waals surface area (Å²) < 4.78 is 45.5. The van der Waals surface area contributed by atoms with Gasteiger partial charge in [0.05, 0.1) is 33.4 Å². The first-order valence-corrected chi connectivity index (χ1v) is 10.8. The number of esters is 1. The van der Waals surface area contributed by atoms with Crippen LogP contribution in [0.1, 0.15) is 27.9 Å². The number of benzene rings is 2. The predicted octanol–water partition coefficient (Wildman–Crippen LogP) is 2.05. The Kier molecular flexibility index (Phi) is 5.37. The number of halogens is 2. The van der Waals surface area contributed by atoms with Crippen LogP contribution in [0, 0.1) is 0 Å². The van der Waals surface area contributed by atoms with Crippen LogP contribution in [-0.2, 0) is 29.7 Å². The van der Waals surface area contributed by atoms with Gasteiger partial charge in [0.1, 0.15) is 6.04 Å². The van der Waals surface area contributed by atoms with Gasteiger partial charge in [-0.3, -0.25) is 9.59 Å². The Labute approximate surface area is 193 Å². The quantitative estimate of drug-likeness (QED) is 0.685. The van der Waals surface area contributed by atoms with E-state index in [9.17, 15) is 23.2 Å². The van der Waals surface area contributed by atoms with E-state index in [1.165, 1.54) is 36.3 Å². The molecule has 10 heteroatoms. The third-order valence-electron chi connectivity index (χ3n) is 6.47. The van der Waals surface area contributed by atoms with E-state index in [0.29, 0.717) is 18.8 Å². The number of fused-ring (bicyclic) bond motifs is 3. The molecule has 1 atom stereocenters. The van der Waals surface area contributed by atoms with Gasteiger partial charge in [0.25, 0.3) is 11.8 Å². The van der Waals surface area contributed by atoms with Crippen molar-refractivity contribution in [2.24, 2.45) is 0 Å². The van der Waals surface area contributed by atoms with Crippen LogP contribution in [0.15, 0.2) is 42.5 Å². The molecule has 1 spiro atoms. The molecule has 178 valence electrons. The second kappa shape index (κ2) is 8.14. The molecule has 2 aromatic rings. The number of carbonyl (C=O) groups excluding carboxylic acids is 3. The smallest absolute Gasteiger partial charge is 0.328 e. The summed E-state index contributed by atoms with van der Waals surface area (Å²) in [6.07, 6.45) is 0.137. The minimum Gasteiger partial charge on any atom is -0.467 e. The van der Waals surface area contributed by atoms with Crippen molar-refractivity contribution in [1.82, 2.24) is 10.2 Å². The fourth-order valence-corrected chi connectivity index (χ4v) is 4.83. The van der Waals surface area contributed by atoms with Crippen molar-refractivity contribution in [2.45, 2.75) is 24.2 Å². The number of hydrogen-bond acceptors (Lipinski definition) is 6. The number of nitrogens with one attached hydrogen (secondary N) is 1. The Morgan fingerprint density at radius 3 is 2.53 bits per heavy atom. The van der Waals surface area contributed by atoms with Crippen LogP contribution in [0.2, 0.25) is 0 Å². The van der Waals surface area contributed by atoms with E-state index >= 15 is 0 Å². The SMILES string of the molecule is COC(=O)[C@@H]1CC2(CN1C(=O)CNC(=O)c1ccc3c(c1)-c1ccccc1C3(F)F)OCCO2. The van der Waals surface area contributed by atoms with Crippen LogP contribution in [-0.4, -0.2) is 67.9 Å². The monoisotopic (exact) mass is 472 g/mol. The summed E-state index contributed by atoms with van der Waals surface area (Å²) in [6.45, 7) is 0.346. The van der Waals surface area contributed by atoms with Gasteiger partial charge in [0.15, 0.2) is 5.79 Å². The van der Waals surface area contributed by atoms with Crippen molar-refractivity contribution in [3.05, 3.63) is 59.2 Å². The van der Waals surface area contributed by atoms with Gasteiger partial charge in [-0.05, 0) is 23.3 Å². The van der Waals surface area contributed by atoms with Crippen LogP contribution in [0.25, 0.3) is 11.1 Å². The minimum atomic E-state index is -3.14. The molecule has 0 saturated carbocycles. The lowest BCUT2D eigenvalue weighted by Gasteiger charge is -2.23. The fourth-order valence-electron chi connectivity index (χ4n) is 4.83. The number of ether oxygens (including phenoxy) is 3. The molecule has 0 unspecified atom stereocenters. The number of methoxy groups -OCH3 is 1. The molecule has 0 aromatic heterocycles. The van der Waals surface area contributed by atoms with Gasteiger partial charge < -0.3 is 24.4 Å². The summed E-state index contributed by atoms with van der Waals surface area (Å²) in [6, 6.07) is 9.20. The lowest BCUT2D eigenvalue weighted by molar-refractivity contribution is -0.152. The number of carbonyl (C=O) groups is 3. The normalized spacial score (nSPS) is 21.3. The molecular weight excluding hydrogens is 450 g/mol. The average Bonchev–Trinajstić information content (AvgIpc) is 3.53. The van der Waals surface area contributed by atoms with Crippen molar-refractivity contribution in [2.75, 3.05) is 33.4 Å². The van der Waals surface area contributed by atoms with E-state index in [-0.39, 0.29) is 35.2 Å². The summed E-state index contributed by atoms with van der Waals surface area (Å²) in [5.74, 6) is -5.92. The zero-order valence-corrected chi connectivity index (χ0v) is 18.3.